The Morgan fingerprint density at radius 3 is 1.47 bits per heavy atom. The van der Waals surface area contributed by atoms with Crippen LogP contribution in [-0.2, 0) is 61.0 Å². The van der Waals surface area contributed by atoms with Crippen LogP contribution in [0.1, 0.15) is 130 Å². The summed E-state index contributed by atoms with van der Waals surface area (Å²) in [4.78, 5) is 159. The van der Waals surface area contributed by atoms with E-state index in [2.05, 4.69) is 46.6 Å². The number of amides is 7. The molecule has 0 radical (unpaired) electrons. The second kappa shape index (κ2) is 44.0. The SMILES string of the molecule is CCNC(=O)C(=N)N(C(=N)c1cc(C(C)C)c(O)cc1O)c1ccc(CN2CCN(C(=O)CC[C@@H](NC(=O)CC[C@H](C(=O)O)N3CCN(CC(=O)O)CCN(CC(=O)O)CCN(CC(=O)O)CC3)C(=O)NCCC(=O)NCCC(=O)N3CCN(Cc4ccc(-n5c(C(=O)NCC)nnc5-c5cc(C(C)C)c(O)cc5O)cc4)CC3)CC2)cc1. The first kappa shape index (κ1) is 91.8. The van der Waals surface area contributed by atoms with Crippen molar-refractivity contribution in [2.24, 2.45) is 0 Å². The third-order valence-corrected chi connectivity index (χ3v) is 20.8. The number of nitrogens with one attached hydrogen (secondary N) is 7. The summed E-state index contributed by atoms with van der Waals surface area (Å²) in [5.41, 5.74) is 3.85. The molecule has 38 heteroatoms. The van der Waals surface area contributed by atoms with Crippen LogP contribution >= 0.6 is 0 Å². The largest absolute Gasteiger partial charge is 0.508 e. The van der Waals surface area contributed by atoms with Crippen molar-refractivity contribution in [3.63, 3.8) is 0 Å². The van der Waals surface area contributed by atoms with Crippen molar-refractivity contribution in [2.45, 2.75) is 117 Å². The highest BCUT2D eigenvalue weighted by Gasteiger charge is 2.34. The van der Waals surface area contributed by atoms with E-state index in [4.69, 9.17) is 10.8 Å². The quantitative estimate of drug-likeness (QED) is 0.0203. The highest BCUT2D eigenvalue weighted by molar-refractivity contribution is 6.48. The van der Waals surface area contributed by atoms with Gasteiger partial charge in [0.2, 0.25) is 35.4 Å². The Morgan fingerprint density at radius 1 is 0.492 bits per heavy atom. The number of phenolic OH excluding ortho intramolecular Hbond substituents is 4. The smallest absolute Gasteiger partial charge is 0.320 e. The number of likely N-dealkylation sites (N-methyl/N-ethyl adjacent to an activating group) is 1. The molecule has 4 aromatic carbocycles. The molecule has 5 aromatic rings. The van der Waals surface area contributed by atoms with Crippen LogP contribution in [0.4, 0.5) is 5.69 Å². The summed E-state index contributed by atoms with van der Waals surface area (Å²) in [5.74, 6) is -10.6. The molecular formula is C80H111N19O19. The van der Waals surface area contributed by atoms with Gasteiger partial charge in [0.25, 0.3) is 11.8 Å². The number of nitrogens with zero attached hydrogens (tertiary/aromatic N) is 12. The summed E-state index contributed by atoms with van der Waals surface area (Å²) < 4.78 is 1.55. The molecule has 118 heavy (non-hydrogen) atoms. The number of phenols is 4. The fourth-order valence-corrected chi connectivity index (χ4v) is 14.3. The number of carboxylic acids is 4. The van der Waals surface area contributed by atoms with E-state index in [0.29, 0.717) is 75.7 Å². The molecule has 3 aliphatic rings. The lowest BCUT2D eigenvalue weighted by Crippen LogP contribution is -2.52. The monoisotopic (exact) mass is 1640 g/mol. The van der Waals surface area contributed by atoms with Gasteiger partial charge in [-0.25, -0.2) is 0 Å². The maximum Gasteiger partial charge on any atom is 0.320 e. The molecular weight excluding hydrogens is 1530 g/mol. The predicted molar refractivity (Wildman–Crippen MR) is 433 cm³/mol. The molecule has 0 bridgehead atoms. The van der Waals surface area contributed by atoms with Gasteiger partial charge < -0.3 is 77.2 Å². The summed E-state index contributed by atoms with van der Waals surface area (Å²) >= 11 is 0. The standard InChI is InChI=1S/C80H111N19O19/c1-7-83-78(115)74(82)98(73(81)58-41-56(50(3)4)62(100)43-64(58)102)54-13-9-52(10-14-54)45-90-31-37-96(38-32-90)68(106)20-17-60(87-67(105)19-18-61(80(117)118)95-35-29-93(48-71(110)111)27-25-92(47-70(108)109)26-28-94(30-36-95)49-72(112)113)77(114)86-23-21-66(104)85-24-22-69(107)97-39-33-91(34-40-97)46-53-11-15-55(16-12-53)99-75(88-89-76(99)79(116)84-8-2)59-42-57(51(5)6)63(101)44-65(59)103/h9-16,41-44,50-51,60-61,81-82,100-103H,7-8,17-40,45-49H2,1-6H3,(H,83,115)(H,84,116)(H,85,104)(H,86,114)(H,87,105)(H,108,109)(H,110,111)(H,112,113)(H,117,118)/t60-,61-/m1/s1. The Kier molecular flexibility index (Phi) is 34.2. The van der Waals surface area contributed by atoms with Crippen LogP contribution in [0.3, 0.4) is 0 Å². The topological polar surface area (TPSA) is 517 Å². The lowest BCUT2D eigenvalue weighted by molar-refractivity contribution is -0.145. The van der Waals surface area contributed by atoms with Crippen LogP contribution in [0.15, 0.2) is 72.8 Å². The molecule has 3 aliphatic heterocycles. The number of rotatable bonds is 35. The molecule has 4 heterocycles. The van der Waals surface area contributed by atoms with E-state index in [9.17, 15) is 93.6 Å². The van der Waals surface area contributed by atoms with Crippen LogP contribution in [0.25, 0.3) is 17.1 Å². The minimum atomic E-state index is -1.39. The number of aromatic hydroxyl groups is 4. The number of anilines is 1. The number of amidine groups is 2. The van der Waals surface area contributed by atoms with Gasteiger partial charge in [-0.1, -0.05) is 52.0 Å². The van der Waals surface area contributed by atoms with Gasteiger partial charge >= 0.3 is 23.9 Å². The number of carboxylic acid groups (broad SMARTS) is 4. The average Bonchev–Trinajstić information content (AvgIpc) is 1.55. The summed E-state index contributed by atoms with van der Waals surface area (Å²) in [6, 6.07) is 16.9. The van der Waals surface area contributed by atoms with Crippen LogP contribution < -0.4 is 31.5 Å². The van der Waals surface area contributed by atoms with Crippen molar-refractivity contribution < 1.29 is 93.6 Å². The van der Waals surface area contributed by atoms with Crippen molar-refractivity contribution in [3.05, 3.63) is 106 Å². The van der Waals surface area contributed by atoms with Crippen LogP contribution in [0.5, 0.6) is 23.0 Å². The number of aliphatic carboxylic acids is 4. The maximum absolute atomic E-state index is 14.2. The lowest BCUT2D eigenvalue weighted by atomic mass is 9.98. The van der Waals surface area contributed by atoms with Gasteiger partial charge in [0, 0.05) is 193 Å². The number of hydrogen-bond acceptors (Lipinski definition) is 25. The highest BCUT2D eigenvalue weighted by Crippen LogP contribution is 2.39. The number of aromatic nitrogens is 3. The summed E-state index contributed by atoms with van der Waals surface area (Å²) in [7, 11) is 0. The first-order valence-corrected chi connectivity index (χ1v) is 39.7. The third-order valence-electron chi connectivity index (χ3n) is 20.8. The Labute approximate surface area is 683 Å². The Hall–Kier alpha value is -11.7. The third kappa shape index (κ3) is 26.4. The first-order valence-electron chi connectivity index (χ1n) is 39.7. The maximum atomic E-state index is 14.2. The fraction of sp³-hybridized carbons (Fsp3) is 0.512. The minimum absolute atomic E-state index is 0.00284. The van der Waals surface area contributed by atoms with E-state index in [-0.39, 0.29) is 192 Å². The van der Waals surface area contributed by atoms with Crippen LogP contribution in [-0.4, -0.2) is 334 Å². The average molecular weight is 1640 g/mol. The molecule has 2 atom stereocenters. The number of hydrogen-bond donors (Lipinski definition) is 15. The van der Waals surface area contributed by atoms with Gasteiger partial charge in [-0.3, -0.25) is 102 Å². The number of carbonyl (C=O) groups excluding carboxylic acids is 7. The van der Waals surface area contributed by atoms with Gasteiger partial charge in [-0.2, -0.15) is 0 Å². The summed E-state index contributed by atoms with van der Waals surface area (Å²) in [6.07, 6.45) is -1.52. The highest BCUT2D eigenvalue weighted by atomic mass is 16.4. The van der Waals surface area contributed by atoms with Crippen molar-refractivity contribution in [3.8, 4) is 40.1 Å². The van der Waals surface area contributed by atoms with E-state index in [1.54, 1.807) is 63.4 Å². The molecule has 3 saturated heterocycles. The molecule has 0 unspecified atom stereocenters. The lowest BCUT2D eigenvalue weighted by Gasteiger charge is -2.35. The van der Waals surface area contributed by atoms with Gasteiger partial charge in [0.05, 0.1) is 30.8 Å². The Bertz CT molecular complexity index is 4360. The van der Waals surface area contributed by atoms with Crippen molar-refractivity contribution in [1.82, 2.24) is 80.5 Å². The molecule has 0 saturated carbocycles. The second-order valence-corrected chi connectivity index (χ2v) is 30.0. The van der Waals surface area contributed by atoms with Crippen molar-refractivity contribution in [2.75, 3.05) is 155 Å². The molecule has 0 spiro atoms. The molecule has 1 aromatic heterocycles. The van der Waals surface area contributed by atoms with E-state index < -0.39 is 103 Å². The Morgan fingerprint density at radius 2 is 0.966 bits per heavy atom. The van der Waals surface area contributed by atoms with Crippen molar-refractivity contribution >= 4 is 82.6 Å². The molecule has 8 rings (SSSR count). The first-order chi connectivity index (χ1) is 56.2. The van der Waals surface area contributed by atoms with Gasteiger partial charge in [0.1, 0.15) is 40.9 Å². The molecule has 7 amide bonds. The number of benzene rings is 4. The fourth-order valence-electron chi connectivity index (χ4n) is 14.3. The zero-order valence-corrected chi connectivity index (χ0v) is 67.6. The molecule has 640 valence electrons. The molecule has 3 fully saturated rings. The molecule has 38 nitrogen and oxygen atoms in total. The second-order valence-electron chi connectivity index (χ2n) is 30.0. The molecule has 0 aliphatic carbocycles. The summed E-state index contributed by atoms with van der Waals surface area (Å²) in [5, 5.41) is 123. The number of carbonyl (C=O) groups is 11. The van der Waals surface area contributed by atoms with Crippen LogP contribution in [0, 0.1) is 10.8 Å². The normalized spacial score (nSPS) is 15.7. The van der Waals surface area contributed by atoms with E-state index in [1.165, 1.54) is 26.8 Å². The van der Waals surface area contributed by atoms with Crippen LogP contribution in [0.2, 0.25) is 0 Å². The Balaban J connectivity index is 0.869. The zero-order chi connectivity index (χ0) is 86.0. The van der Waals surface area contributed by atoms with Gasteiger partial charge in [-0.15, -0.1) is 10.2 Å². The van der Waals surface area contributed by atoms with E-state index in [1.807, 2.05) is 52.0 Å². The predicted octanol–water partition coefficient (Wildman–Crippen LogP) is 1.67. The van der Waals surface area contributed by atoms with Gasteiger partial charge in [-0.05, 0) is 97.2 Å². The van der Waals surface area contributed by atoms with E-state index >= 15 is 0 Å². The van der Waals surface area contributed by atoms with Gasteiger partial charge in [0.15, 0.2) is 11.7 Å². The van der Waals surface area contributed by atoms with Crippen molar-refractivity contribution in [1.29, 1.82) is 10.8 Å². The number of piperazine rings is 2. The minimum Gasteiger partial charge on any atom is -0.508 e. The van der Waals surface area contributed by atoms with E-state index in [0.717, 1.165) is 22.1 Å². The zero-order valence-electron chi connectivity index (χ0n) is 67.6. The molecule has 15 N–H and O–H groups in total. The summed E-state index contributed by atoms with van der Waals surface area (Å²) in [6.45, 7) is 14.4.